The van der Waals surface area contributed by atoms with Crippen molar-refractivity contribution in [1.82, 2.24) is 0 Å². The minimum absolute atomic E-state index is 0.0751. The summed E-state index contributed by atoms with van der Waals surface area (Å²) in [5.41, 5.74) is 0.393. The summed E-state index contributed by atoms with van der Waals surface area (Å²) in [6.07, 6.45) is 0. The lowest BCUT2D eigenvalue weighted by Crippen LogP contribution is -2.37. The maximum Gasteiger partial charge on any atom is 0.267 e. The van der Waals surface area contributed by atoms with Crippen LogP contribution in [0.1, 0.15) is 6.92 Å². The van der Waals surface area contributed by atoms with E-state index in [9.17, 15) is 8.42 Å². The number of anilines is 1. The van der Waals surface area contributed by atoms with Crippen LogP contribution in [0.2, 0.25) is 8.67 Å². The summed E-state index contributed by atoms with van der Waals surface area (Å²) < 4.78 is 27.0. The molecule has 1 aromatic carbocycles. The van der Waals surface area contributed by atoms with E-state index in [1.807, 2.05) is 6.07 Å². The van der Waals surface area contributed by atoms with Crippen molar-refractivity contribution in [2.75, 3.05) is 4.31 Å². The normalized spacial score (nSPS) is 12.7. The van der Waals surface area contributed by atoms with Crippen molar-refractivity contribution in [3.63, 3.8) is 0 Å². The lowest BCUT2D eigenvalue weighted by Gasteiger charge is -2.26. The Kier molecular flexibility index (Phi) is 4.79. The van der Waals surface area contributed by atoms with Crippen LogP contribution in [-0.2, 0) is 10.0 Å². The van der Waals surface area contributed by atoms with Gasteiger partial charge in [0.1, 0.15) is 15.3 Å². The van der Waals surface area contributed by atoms with Gasteiger partial charge in [-0.25, -0.2) is 12.7 Å². The summed E-state index contributed by atoms with van der Waals surface area (Å²) >= 11 is 12.7. The molecule has 0 amide bonds. The fourth-order valence-corrected chi connectivity index (χ4v) is 5.49. The van der Waals surface area contributed by atoms with Crippen molar-refractivity contribution >= 4 is 50.2 Å². The Morgan fingerprint density at radius 1 is 1.29 bits per heavy atom. The number of nitriles is 1. The summed E-state index contributed by atoms with van der Waals surface area (Å²) in [7, 11) is -3.97. The molecule has 0 unspecified atom stereocenters. The number of halogens is 2. The predicted octanol–water partition coefficient (Wildman–Crippen LogP) is 4.16. The van der Waals surface area contributed by atoms with Crippen molar-refractivity contribution in [2.24, 2.45) is 0 Å². The summed E-state index contributed by atoms with van der Waals surface area (Å²) in [5.74, 6) is 0. The van der Waals surface area contributed by atoms with Crippen LogP contribution in [0.15, 0.2) is 41.3 Å². The van der Waals surface area contributed by atoms with Gasteiger partial charge in [0.15, 0.2) is 0 Å². The number of sulfonamides is 1. The molecule has 0 aliphatic rings. The summed E-state index contributed by atoms with van der Waals surface area (Å²) in [6, 6.07) is 10.8. The molecule has 21 heavy (non-hydrogen) atoms. The molecule has 0 saturated heterocycles. The van der Waals surface area contributed by atoms with Crippen molar-refractivity contribution in [3.05, 3.63) is 45.1 Å². The minimum atomic E-state index is -3.97. The van der Waals surface area contributed by atoms with Gasteiger partial charge in [0, 0.05) is 0 Å². The van der Waals surface area contributed by atoms with E-state index in [4.69, 9.17) is 28.5 Å². The number of rotatable bonds is 4. The topological polar surface area (TPSA) is 61.2 Å². The van der Waals surface area contributed by atoms with Crippen LogP contribution in [0.4, 0.5) is 5.69 Å². The predicted molar refractivity (Wildman–Crippen MR) is 85.5 cm³/mol. The van der Waals surface area contributed by atoms with Gasteiger partial charge in [0.2, 0.25) is 0 Å². The number of hydrogen-bond acceptors (Lipinski definition) is 4. The SMILES string of the molecule is C[C@@H](C#N)N(c1ccccc1)S(=O)(=O)c1cc(Cl)sc1Cl. The Labute approximate surface area is 137 Å². The zero-order valence-electron chi connectivity index (χ0n) is 10.8. The van der Waals surface area contributed by atoms with Crippen LogP contribution in [0.25, 0.3) is 0 Å². The first-order valence-corrected chi connectivity index (χ1v) is 8.83. The molecule has 4 nitrogen and oxygen atoms in total. The van der Waals surface area contributed by atoms with Gasteiger partial charge in [-0.05, 0) is 25.1 Å². The molecule has 0 fully saturated rings. The molecule has 0 aliphatic carbocycles. The van der Waals surface area contributed by atoms with E-state index in [0.717, 1.165) is 15.6 Å². The third-order valence-corrected chi connectivity index (χ3v) is 6.36. The first-order valence-electron chi connectivity index (χ1n) is 5.82. The molecule has 110 valence electrons. The second-order valence-corrected chi connectivity index (χ2v) is 8.20. The summed E-state index contributed by atoms with van der Waals surface area (Å²) in [5, 5.41) is 9.14. The smallest absolute Gasteiger partial charge is 0.249 e. The Hall–Kier alpha value is -1.26. The van der Waals surface area contributed by atoms with E-state index in [1.165, 1.54) is 13.0 Å². The third kappa shape index (κ3) is 3.16. The van der Waals surface area contributed by atoms with Gasteiger partial charge < -0.3 is 0 Å². The second-order valence-electron chi connectivity index (χ2n) is 4.13. The lowest BCUT2D eigenvalue weighted by atomic mass is 10.3. The molecule has 1 heterocycles. The van der Waals surface area contributed by atoms with Crippen LogP contribution < -0.4 is 4.31 Å². The van der Waals surface area contributed by atoms with Crippen LogP contribution in [0.3, 0.4) is 0 Å². The Morgan fingerprint density at radius 3 is 2.38 bits per heavy atom. The number of hydrogen-bond donors (Lipinski definition) is 0. The van der Waals surface area contributed by atoms with Crippen LogP contribution in [0, 0.1) is 11.3 Å². The highest BCUT2D eigenvalue weighted by molar-refractivity contribution is 7.93. The molecule has 0 spiro atoms. The highest BCUT2D eigenvalue weighted by atomic mass is 35.5. The highest BCUT2D eigenvalue weighted by Crippen LogP contribution is 2.37. The second kappa shape index (κ2) is 6.24. The molecule has 8 heteroatoms. The minimum Gasteiger partial charge on any atom is -0.249 e. The average Bonchev–Trinajstić information content (AvgIpc) is 2.79. The Morgan fingerprint density at radius 2 is 1.90 bits per heavy atom. The molecule has 2 rings (SSSR count). The molecule has 0 aliphatic heterocycles. The molecule has 0 N–H and O–H groups in total. The zero-order valence-corrected chi connectivity index (χ0v) is 14.0. The van der Waals surface area contributed by atoms with Crippen LogP contribution >= 0.6 is 34.5 Å². The van der Waals surface area contributed by atoms with E-state index in [0.29, 0.717) is 5.69 Å². The fourth-order valence-electron chi connectivity index (χ4n) is 1.80. The van der Waals surface area contributed by atoms with Crippen molar-refractivity contribution in [2.45, 2.75) is 17.9 Å². The van der Waals surface area contributed by atoms with Gasteiger partial charge in [0.05, 0.1) is 16.1 Å². The average molecular weight is 361 g/mol. The van der Waals surface area contributed by atoms with Crippen LogP contribution in [-0.4, -0.2) is 14.5 Å². The molecule has 2 aromatic rings. The first kappa shape index (κ1) is 16.1. The maximum absolute atomic E-state index is 12.8. The molecular formula is C13H10Cl2N2O2S2. The van der Waals surface area contributed by atoms with Crippen molar-refractivity contribution < 1.29 is 8.42 Å². The third-order valence-electron chi connectivity index (χ3n) is 2.71. The molecule has 0 saturated carbocycles. The van der Waals surface area contributed by atoms with E-state index < -0.39 is 16.1 Å². The molecule has 1 aromatic heterocycles. The maximum atomic E-state index is 12.8. The zero-order chi connectivity index (χ0) is 15.6. The molecule has 0 radical (unpaired) electrons. The molecule has 1 atom stereocenters. The number of nitrogens with zero attached hydrogens (tertiary/aromatic N) is 2. The monoisotopic (exact) mass is 360 g/mol. The molecular weight excluding hydrogens is 351 g/mol. The van der Waals surface area contributed by atoms with E-state index >= 15 is 0 Å². The van der Waals surface area contributed by atoms with Gasteiger partial charge in [-0.2, -0.15) is 5.26 Å². The standard InChI is InChI=1S/C13H10Cl2N2O2S2/c1-9(8-16)17(10-5-3-2-4-6-10)21(18,19)11-7-12(14)20-13(11)15/h2-7,9H,1H3/t9-/m0/s1. The van der Waals surface area contributed by atoms with Gasteiger partial charge in [0.25, 0.3) is 10.0 Å². The van der Waals surface area contributed by atoms with Crippen molar-refractivity contribution in [3.8, 4) is 6.07 Å². The highest BCUT2D eigenvalue weighted by Gasteiger charge is 2.32. The van der Waals surface area contributed by atoms with E-state index in [2.05, 4.69) is 0 Å². The first-order chi connectivity index (χ1) is 9.87. The lowest BCUT2D eigenvalue weighted by molar-refractivity contribution is 0.588. The van der Waals surface area contributed by atoms with Gasteiger partial charge in [-0.15, -0.1) is 11.3 Å². The fraction of sp³-hybridized carbons (Fsp3) is 0.154. The van der Waals surface area contributed by atoms with Crippen molar-refractivity contribution in [1.29, 1.82) is 5.26 Å². The summed E-state index contributed by atoms with van der Waals surface area (Å²) in [6.45, 7) is 1.51. The van der Waals surface area contributed by atoms with E-state index in [1.54, 1.807) is 30.3 Å². The number of para-hydroxylation sites is 1. The Bertz CT molecular complexity index is 782. The van der Waals surface area contributed by atoms with Gasteiger partial charge in [-0.3, -0.25) is 0 Å². The quantitative estimate of drug-likeness (QED) is 0.821. The number of thiophene rings is 1. The van der Waals surface area contributed by atoms with Gasteiger partial charge >= 0.3 is 0 Å². The largest absolute Gasteiger partial charge is 0.267 e. The van der Waals surface area contributed by atoms with Crippen LogP contribution in [0.5, 0.6) is 0 Å². The Balaban J connectivity index is 2.62. The molecule has 0 bridgehead atoms. The summed E-state index contributed by atoms with van der Waals surface area (Å²) in [4.78, 5) is -0.0925. The van der Waals surface area contributed by atoms with E-state index in [-0.39, 0.29) is 13.6 Å². The van der Waals surface area contributed by atoms with Gasteiger partial charge in [-0.1, -0.05) is 41.4 Å². The number of benzene rings is 1.